The molecule has 1 aromatic carbocycles. The Morgan fingerprint density at radius 1 is 1.38 bits per heavy atom. The van der Waals surface area contributed by atoms with E-state index in [1.54, 1.807) is 12.1 Å². The molecule has 2 atom stereocenters. The fraction of sp³-hybridized carbons (Fsp3) is 0.550. The van der Waals surface area contributed by atoms with E-state index < -0.39 is 0 Å². The zero-order valence-corrected chi connectivity index (χ0v) is 14.9. The van der Waals surface area contributed by atoms with Gasteiger partial charge >= 0.3 is 0 Å². The summed E-state index contributed by atoms with van der Waals surface area (Å²) in [5.74, 6) is 0.919. The Balaban J connectivity index is 2.10. The number of rotatable bonds is 7. The second-order valence-corrected chi connectivity index (χ2v) is 7.13. The molecule has 1 amide bonds. The molecule has 1 fully saturated rings. The largest absolute Gasteiger partial charge is 0.508 e. The van der Waals surface area contributed by atoms with Gasteiger partial charge in [0.2, 0.25) is 5.91 Å². The average Bonchev–Trinajstić information content (AvgIpc) is 2.68. The number of amides is 1. The van der Waals surface area contributed by atoms with E-state index in [4.69, 9.17) is 0 Å². The lowest BCUT2D eigenvalue weighted by Gasteiger charge is -2.26. The molecule has 0 aliphatic carbocycles. The van der Waals surface area contributed by atoms with Gasteiger partial charge in [-0.05, 0) is 49.3 Å². The SMILES string of the molecule is C=CCC[C@@H]1CCN(Cc2ccc(O)cc2)C(=O)[C@H](CC(C)C)N1. The molecule has 132 valence electrons. The van der Waals surface area contributed by atoms with Crippen molar-refractivity contribution in [3.63, 3.8) is 0 Å². The zero-order valence-electron chi connectivity index (χ0n) is 14.9. The first kappa shape index (κ1) is 18.5. The number of benzene rings is 1. The third-order valence-electron chi connectivity index (χ3n) is 4.53. The molecule has 0 saturated carbocycles. The second kappa shape index (κ2) is 8.88. The first-order valence-electron chi connectivity index (χ1n) is 8.93. The first-order chi connectivity index (χ1) is 11.5. The lowest BCUT2D eigenvalue weighted by molar-refractivity contribution is -0.133. The van der Waals surface area contributed by atoms with Gasteiger partial charge in [-0.3, -0.25) is 4.79 Å². The molecule has 1 aliphatic heterocycles. The molecule has 1 heterocycles. The number of aromatic hydroxyl groups is 1. The quantitative estimate of drug-likeness (QED) is 0.753. The van der Waals surface area contributed by atoms with Gasteiger partial charge in [0.05, 0.1) is 6.04 Å². The Labute approximate surface area is 145 Å². The monoisotopic (exact) mass is 330 g/mol. The number of carbonyl (C=O) groups excluding carboxylic acids is 1. The molecule has 2 rings (SSSR count). The van der Waals surface area contributed by atoms with Crippen LogP contribution in [0, 0.1) is 5.92 Å². The molecule has 0 spiro atoms. The average molecular weight is 330 g/mol. The van der Waals surface area contributed by atoms with Gasteiger partial charge in [0.15, 0.2) is 0 Å². The van der Waals surface area contributed by atoms with Crippen molar-refractivity contribution >= 4 is 5.91 Å². The highest BCUT2D eigenvalue weighted by atomic mass is 16.3. The third-order valence-corrected chi connectivity index (χ3v) is 4.53. The normalized spacial score (nSPS) is 21.8. The number of carbonyl (C=O) groups is 1. The number of phenolic OH excluding ortho intramolecular Hbond substituents is 1. The molecule has 0 radical (unpaired) electrons. The van der Waals surface area contributed by atoms with Gasteiger partial charge in [-0.15, -0.1) is 6.58 Å². The van der Waals surface area contributed by atoms with Crippen molar-refractivity contribution in [2.75, 3.05) is 6.54 Å². The van der Waals surface area contributed by atoms with Crippen molar-refractivity contribution in [1.29, 1.82) is 0 Å². The lowest BCUT2D eigenvalue weighted by atomic mass is 10.0. The van der Waals surface area contributed by atoms with Crippen LogP contribution in [0.15, 0.2) is 36.9 Å². The van der Waals surface area contributed by atoms with E-state index in [1.807, 2.05) is 23.1 Å². The highest BCUT2D eigenvalue weighted by Crippen LogP contribution is 2.19. The molecular weight excluding hydrogens is 300 g/mol. The van der Waals surface area contributed by atoms with E-state index in [2.05, 4.69) is 25.7 Å². The van der Waals surface area contributed by atoms with Crippen molar-refractivity contribution in [3.05, 3.63) is 42.5 Å². The van der Waals surface area contributed by atoms with Gasteiger partial charge in [-0.25, -0.2) is 0 Å². The summed E-state index contributed by atoms with van der Waals surface area (Å²) < 4.78 is 0. The fourth-order valence-electron chi connectivity index (χ4n) is 3.25. The Hall–Kier alpha value is -1.81. The highest BCUT2D eigenvalue weighted by Gasteiger charge is 2.30. The van der Waals surface area contributed by atoms with Crippen LogP contribution in [0.4, 0.5) is 0 Å². The molecule has 1 saturated heterocycles. The maximum Gasteiger partial charge on any atom is 0.240 e. The predicted molar refractivity (Wildman–Crippen MR) is 97.7 cm³/mol. The summed E-state index contributed by atoms with van der Waals surface area (Å²) in [5, 5.41) is 13.0. The van der Waals surface area contributed by atoms with E-state index >= 15 is 0 Å². The van der Waals surface area contributed by atoms with Crippen LogP contribution in [-0.4, -0.2) is 34.5 Å². The minimum absolute atomic E-state index is 0.112. The first-order valence-corrected chi connectivity index (χ1v) is 8.93. The van der Waals surface area contributed by atoms with Crippen LogP contribution in [0.5, 0.6) is 5.75 Å². The van der Waals surface area contributed by atoms with Crippen molar-refractivity contribution < 1.29 is 9.90 Å². The van der Waals surface area contributed by atoms with Gasteiger partial charge < -0.3 is 15.3 Å². The fourth-order valence-corrected chi connectivity index (χ4v) is 3.25. The summed E-state index contributed by atoms with van der Waals surface area (Å²) in [6.45, 7) is 9.48. The summed E-state index contributed by atoms with van der Waals surface area (Å²) in [4.78, 5) is 14.9. The van der Waals surface area contributed by atoms with Crippen LogP contribution < -0.4 is 5.32 Å². The molecule has 0 aromatic heterocycles. The van der Waals surface area contributed by atoms with E-state index in [1.165, 1.54) is 0 Å². The van der Waals surface area contributed by atoms with Crippen molar-refractivity contribution in [2.24, 2.45) is 5.92 Å². The topological polar surface area (TPSA) is 52.6 Å². The van der Waals surface area contributed by atoms with Gasteiger partial charge in [-0.2, -0.15) is 0 Å². The lowest BCUT2D eigenvalue weighted by Crippen LogP contribution is -2.46. The Bertz CT molecular complexity index is 539. The van der Waals surface area contributed by atoms with E-state index in [0.717, 1.165) is 37.8 Å². The van der Waals surface area contributed by atoms with Crippen molar-refractivity contribution in [3.8, 4) is 5.75 Å². The number of phenols is 1. The second-order valence-electron chi connectivity index (χ2n) is 7.13. The summed E-state index contributed by atoms with van der Waals surface area (Å²) >= 11 is 0. The van der Waals surface area contributed by atoms with Crippen molar-refractivity contribution in [2.45, 2.75) is 58.2 Å². The van der Waals surface area contributed by atoms with Gasteiger partial charge in [0.1, 0.15) is 5.75 Å². The summed E-state index contributed by atoms with van der Waals surface area (Å²) in [6, 6.07) is 7.36. The molecule has 4 nitrogen and oxygen atoms in total. The summed E-state index contributed by atoms with van der Waals surface area (Å²) in [7, 11) is 0. The molecule has 0 unspecified atom stereocenters. The summed E-state index contributed by atoms with van der Waals surface area (Å²) in [6.07, 6.45) is 5.76. The maximum atomic E-state index is 13.0. The van der Waals surface area contributed by atoms with Gasteiger partial charge in [0, 0.05) is 19.1 Å². The smallest absolute Gasteiger partial charge is 0.240 e. The van der Waals surface area contributed by atoms with Crippen LogP contribution in [0.2, 0.25) is 0 Å². The van der Waals surface area contributed by atoms with Crippen molar-refractivity contribution in [1.82, 2.24) is 10.2 Å². The number of nitrogens with zero attached hydrogens (tertiary/aromatic N) is 1. The minimum Gasteiger partial charge on any atom is -0.508 e. The van der Waals surface area contributed by atoms with Crippen LogP contribution in [0.1, 0.15) is 45.1 Å². The molecule has 24 heavy (non-hydrogen) atoms. The molecule has 1 aromatic rings. The standard InChI is InChI=1S/C20H30N2O2/c1-4-5-6-17-11-12-22(14-16-7-9-18(23)10-8-16)20(24)19(21-17)13-15(2)3/h4,7-10,15,17,19,21,23H,1,5-6,11-14H2,2-3H3/t17-,19+/m1/s1. The zero-order chi connectivity index (χ0) is 17.5. The number of allylic oxidation sites excluding steroid dienone is 1. The van der Waals surface area contributed by atoms with Crippen LogP contribution >= 0.6 is 0 Å². The highest BCUT2D eigenvalue weighted by molar-refractivity contribution is 5.82. The molecule has 1 aliphatic rings. The molecule has 0 bridgehead atoms. The Morgan fingerprint density at radius 3 is 2.71 bits per heavy atom. The number of hydrogen-bond donors (Lipinski definition) is 2. The van der Waals surface area contributed by atoms with Gasteiger partial charge in [0.25, 0.3) is 0 Å². The third kappa shape index (κ3) is 5.38. The number of nitrogens with one attached hydrogen (secondary N) is 1. The molecule has 4 heteroatoms. The van der Waals surface area contributed by atoms with Crippen LogP contribution in [0.3, 0.4) is 0 Å². The minimum atomic E-state index is -0.112. The Morgan fingerprint density at radius 2 is 2.08 bits per heavy atom. The molecular formula is C20H30N2O2. The van der Waals surface area contributed by atoms with Crippen LogP contribution in [-0.2, 0) is 11.3 Å². The van der Waals surface area contributed by atoms with E-state index in [0.29, 0.717) is 18.5 Å². The summed E-state index contributed by atoms with van der Waals surface area (Å²) in [5.41, 5.74) is 1.05. The van der Waals surface area contributed by atoms with Crippen LogP contribution in [0.25, 0.3) is 0 Å². The Kier molecular flexibility index (Phi) is 6.85. The van der Waals surface area contributed by atoms with Gasteiger partial charge in [-0.1, -0.05) is 32.1 Å². The van der Waals surface area contributed by atoms with E-state index in [-0.39, 0.29) is 17.7 Å². The number of hydrogen-bond acceptors (Lipinski definition) is 3. The predicted octanol–water partition coefficient (Wildman–Crippen LogP) is 3.46. The molecule has 2 N–H and O–H groups in total. The maximum absolute atomic E-state index is 13.0. The van der Waals surface area contributed by atoms with E-state index in [9.17, 15) is 9.90 Å².